The van der Waals surface area contributed by atoms with Gasteiger partial charge in [0.2, 0.25) is 28.5 Å². The summed E-state index contributed by atoms with van der Waals surface area (Å²) < 4.78 is 24.5. The number of fused-ring (bicyclic) bond motifs is 3. The van der Waals surface area contributed by atoms with E-state index < -0.39 is 11.0 Å². The molecule has 4 N–H and O–H groups in total. The number of hydrogen-bond donors (Lipinski definition) is 4. The number of aromatic hydroxyl groups is 4. The molecule has 5 heterocycles. The van der Waals surface area contributed by atoms with Crippen LogP contribution in [0.5, 0.6) is 46.1 Å². The van der Waals surface area contributed by atoms with Crippen LogP contribution in [0.25, 0.3) is 11.3 Å². The van der Waals surface area contributed by atoms with Crippen LogP contribution < -0.4 is 23.5 Å². The van der Waals surface area contributed by atoms with E-state index >= 15 is 0 Å². The summed E-state index contributed by atoms with van der Waals surface area (Å²) in [7, 11) is 0. The van der Waals surface area contributed by atoms with Crippen molar-refractivity contribution in [3.8, 4) is 57.4 Å². The van der Waals surface area contributed by atoms with Crippen LogP contribution in [0.15, 0.2) is 0 Å². The quantitative estimate of drug-likeness (QED) is 0.493. The molecule has 0 saturated heterocycles. The highest BCUT2D eigenvalue weighted by Gasteiger charge is 2.70. The summed E-state index contributed by atoms with van der Waals surface area (Å²) in [6.45, 7) is 4.23. The van der Waals surface area contributed by atoms with Crippen LogP contribution in [0.2, 0.25) is 0 Å². The van der Waals surface area contributed by atoms with Crippen LogP contribution in [-0.4, -0.2) is 46.9 Å². The summed E-state index contributed by atoms with van der Waals surface area (Å²) in [5, 5.41) is 43.6. The number of ether oxygens (including phenoxy) is 4. The van der Waals surface area contributed by atoms with E-state index in [2.05, 4.69) is 0 Å². The molecule has 9 heteroatoms. The first-order valence-electron chi connectivity index (χ1n) is 8.99. The highest BCUT2D eigenvalue weighted by Crippen LogP contribution is 2.66. The zero-order valence-corrected chi connectivity index (χ0v) is 15.2. The molecule has 0 spiro atoms. The summed E-state index contributed by atoms with van der Waals surface area (Å²) in [4.78, 5) is 0. The van der Waals surface area contributed by atoms with E-state index in [0.29, 0.717) is 5.56 Å². The molecule has 6 rings (SSSR count). The van der Waals surface area contributed by atoms with Gasteiger partial charge in [-0.25, -0.2) is 0 Å². The van der Waals surface area contributed by atoms with Gasteiger partial charge in [-0.05, 0) is 6.92 Å². The second-order valence-corrected chi connectivity index (χ2v) is 8.00. The summed E-state index contributed by atoms with van der Waals surface area (Å²) in [6, 6.07) is 0. The Bertz CT molecular complexity index is 1030. The van der Waals surface area contributed by atoms with E-state index in [0.717, 1.165) is 0 Å². The SMILES string of the molecule is CC12COc3c(O)c4c(O)c(c31)-c1c(O)c(c(O)c3[n+]1C2(C)CO3)OCCO4. The third-order valence-corrected chi connectivity index (χ3v) is 6.68. The van der Waals surface area contributed by atoms with Gasteiger partial charge in [-0.15, -0.1) is 4.57 Å². The number of phenols is 2. The lowest BCUT2D eigenvalue weighted by Crippen LogP contribution is -2.67. The van der Waals surface area contributed by atoms with Crippen molar-refractivity contribution in [2.75, 3.05) is 26.4 Å². The molecule has 2 aromatic rings. The normalized spacial score (nSPS) is 27.6. The molecule has 4 aliphatic rings. The van der Waals surface area contributed by atoms with Gasteiger partial charge in [-0.2, -0.15) is 0 Å². The van der Waals surface area contributed by atoms with Crippen molar-refractivity contribution < 1.29 is 43.9 Å². The Morgan fingerprint density at radius 1 is 0.750 bits per heavy atom. The molecule has 0 amide bonds. The molecule has 2 atom stereocenters. The topological polar surface area (TPSA) is 122 Å². The summed E-state index contributed by atoms with van der Waals surface area (Å²) >= 11 is 0. The van der Waals surface area contributed by atoms with Crippen LogP contribution in [0.3, 0.4) is 0 Å². The van der Waals surface area contributed by atoms with Crippen LogP contribution in [0.1, 0.15) is 19.4 Å². The third-order valence-electron chi connectivity index (χ3n) is 6.68. The van der Waals surface area contributed by atoms with Crippen molar-refractivity contribution in [1.82, 2.24) is 0 Å². The maximum absolute atomic E-state index is 11.1. The Morgan fingerprint density at radius 3 is 2.14 bits per heavy atom. The molecule has 9 nitrogen and oxygen atoms in total. The highest BCUT2D eigenvalue weighted by molar-refractivity contribution is 5.87. The monoisotopic (exact) mass is 388 g/mol. The van der Waals surface area contributed by atoms with E-state index in [1.165, 1.54) is 0 Å². The molecule has 1 aromatic heterocycles. The Morgan fingerprint density at radius 2 is 1.43 bits per heavy atom. The van der Waals surface area contributed by atoms with E-state index in [-0.39, 0.29) is 83.8 Å². The van der Waals surface area contributed by atoms with Gasteiger partial charge < -0.3 is 39.4 Å². The average Bonchev–Trinajstić information content (AvgIpc) is 3.19. The molecule has 4 bridgehead atoms. The highest BCUT2D eigenvalue weighted by atomic mass is 16.6. The molecule has 0 saturated carbocycles. The summed E-state index contributed by atoms with van der Waals surface area (Å²) in [6.07, 6.45) is 0. The predicted octanol–water partition coefficient (Wildman–Crippen LogP) is 1.01. The van der Waals surface area contributed by atoms with Crippen molar-refractivity contribution in [1.29, 1.82) is 0 Å². The largest absolute Gasteiger partial charge is 0.504 e. The summed E-state index contributed by atoms with van der Waals surface area (Å²) in [5.74, 6) is -1.10. The van der Waals surface area contributed by atoms with Crippen molar-refractivity contribution in [2.45, 2.75) is 24.8 Å². The molecule has 1 aromatic carbocycles. The molecule has 0 fully saturated rings. The minimum atomic E-state index is -0.755. The third kappa shape index (κ3) is 1.37. The maximum Gasteiger partial charge on any atom is 0.416 e. The van der Waals surface area contributed by atoms with Crippen LogP contribution in [0, 0.1) is 0 Å². The zero-order valence-electron chi connectivity index (χ0n) is 15.2. The van der Waals surface area contributed by atoms with E-state index in [1.807, 2.05) is 13.8 Å². The molecule has 4 aliphatic heterocycles. The van der Waals surface area contributed by atoms with Crippen molar-refractivity contribution >= 4 is 0 Å². The number of benzene rings is 1. The van der Waals surface area contributed by atoms with Crippen molar-refractivity contribution in [3.05, 3.63) is 5.56 Å². The first kappa shape index (κ1) is 15.8. The fourth-order valence-electron chi connectivity index (χ4n) is 4.99. The molecule has 2 unspecified atom stereocenters. The van der Waals surface area contributed by atoms with Gasteiger partial charge in [0.1, 0.15) is 25.4 Å². The number of aromatic nitrogens is 1. The van der Waals surface area contributed by atoms with Gasteiger partial charge in [0.25, 0.3) is 11.4 Å². The van der Waals surface area contributed by atoms with Gasteiger partial charge in [-0.1, -0.05) is 0 Å². The van der Waals surface area contributed by atoms with Crippen LogP contribution in [-0.2, 0) is 11.0 Å². The van der Waals surface area contributed by atoms with Crippen molar-refractivity contribution in [2.24, 2.45) is 0 Å². The number of hydrogen-bond acceptors (Lipinski definition) is 8. The van der Waals surface area contributed by atoms with Crippen molar-refractivity contribution in [3.63, 3.8) is 0 Å². The lowest BCUT2D eigenvalue weighted by atomic mass is 9.64. The van der Waals surface area contributed by atoms with Gasteiger partial charge in [-0.3, -0.25) is 0 Å². The lowest BCUT2D eigenvalue weighted by Gasteiger charge is -2.39. The fourth-order valence-corrected chi connectivity index (χ4v) is 4.99. The lowest BCUT2D eigenvalue weighted by molar-refractivity contribution is -0.745. The van der Waals surface area contributed by atoms with Crippen LogP contribution >= 0.6 is 0 Å². The number of nitrogens with zero attached hydrogens (tertiary/aromatic N) is 1. The number of pyridine rings is 1. The minimum Gasteiger partial charge on any atom is -0.504 e. The first-order chi connectivity index (χ1) is 13.3. The maximum atomic E-state index is 11.1. The van der Waals surface area contributed by atoms with Gasteiger partial charge in [0, 0.05) is 12.5 Å². The van der Waals surface area contributed by atoms with Crippen LogP contribution in [0.4, 0.5) is 0 Å². The van der Waals surface area contributed by atoms with E-state index in [1.54, 1.807) is 4.57 Å². The smallest absolute Gasteiger partial charge is 0.416 e. The Hall–Kier alpha value is -3.23. The zero-order chi connectivity index (χ0) is 19.6. The molecule has 146 valence electrons. The Balaban J connectivity index is 1.90. The van der Waals surface area contributed by atoms with Gasteiger partial charge in [0.15, 0.2) is 18.1 Å². The Labute approximate surface area is 158 Å². The molecule has 28 heavy (non-hydrogen) atoms. The Kier molecular flexibility index (Phi) is 2.50. The van der Waals surface area contributed by atoms with Gasteiger partial charge >= 0.3 is 5.88 Å². The van der Waals surface area contributed by atoms with E-state index in [4.69, 9.17) is 18.9 Å². The van der Waals surface area contributed by atoms with Gasteiger partial charge in [0.05, 0.1) is 5.41 Å². The summed E-state index contributed by atoms with van der Waals surface area (Å²) in [5.41, 5.74) is -0.391. The second kappa shape index (κ2) is 4.43. The first-order valence-corrected chi connectivity index (χ1v) is 8.99. The predicted molar refractivity (Wildman–Crippen MR) is 91.7 cm³/mol. The fraction of sp³-hybridized carbons (Fsp3) is 0.421. The number of rotatable bonds is 0. The van der Waals surface area contributed by atoms with E-state index in [9.17, 15) is 20.4 Å². The average molecular weight is 388 g/mol. The minimum absolute atomic E-state index is 0.0341. The second-order valence-electron chi connectivity index (χ2n) is 8.00. The number of phenolic OH excluding ortho intramolecular Hbond substituents is 2. The molecular formula is C19H18NO8+. The molecular weight excluding hydrogens is 370 g/mol. The molecule has 0 aliphatic carbocycles. The molecule has 0 radical (unpaired) electrons. The standard InChI is InChI=1S/C19H17NO8/c1-18-5-27-14-8(18)7-9-11(22)16(13(24)17-20(9)19(18,2)6-28-17)26-4-3-25-15(10(7)21)12(14)23/h3-6H2,1-2H3,(H3,21,22,23,24)/p+1.